The first-order valence-corrected chi connectivity index (χ1v) is 17.9. The topological polar surface area (TPSA) is 98.7 Å². The number of para-hydroxylation sites is 1. The van der Waals surface area contributed by atoms with E-state index in [2.05, 4.69) is 55.9 Å². The van der Waals surface area contributed by atoms with Crippen LogP contribution in [0, 0.1) is 5.92 Å². The van der Waals surface area contributed by atoms with Crippen molar-refractivity contribution in [1.82, 2.24) is 0 Å². The van der Waals surface area contributed by atoms with E-state index in [0.717, 1.165) is 12.0 Å². The second-order valence-electron chi connectivity index (χ2n) is 12.9. The van der Waals surface area contributed by atoms with Gasteiger partial charge in [-0.05, 0) is 48.9 Å². The molecule has 0 radical (unpaired) electrons. The molecule has 2 aromatic carbocycles. The number of hydrogen-bond acceptors (Lipinski definition) is 3. The van der Waals surface area contributed by atoms with E-state index in [1.807, 2.05) is 24.3 Å². The number of benzene rings is 2. The van der Waals surface area contributed by atoms with Crippen LogP contribution >= 0.6 is 0 Å². The van der Waals surface area contributed by atoms with Gasteiger partial charge in [0, 0.05) is 18.6 Å². The van der Waals surface area contributed by atoms with Crippen LogP contribution in [0.25, 0.3) is 0 Å². The minimum Gasteiger partial charge on any atom is -0.507 e. The second-order valence-corrected chi connectivity index (χ2v) is 12.9. The summed E-state index contributed by atoms with van der Waals surface area (Å²) < 4.78 is 2.29. The lowest BCUT2D eigenvalue weighted by molar-refractivity contribution is -0.697. The lowest BCUT2D eigenvalue weighted by Crippen LogP contribution is -2.32. The molecular weight excluding hydrogens is 586 g/mol. The Kier molecular flexibility index (Phi) is 23.2. The summed E-state index contributed by atoms with van der Waals surface area (Å²) in [5, 5.41) is 26.2. The summed E-state index contributed by atoms with van der Waals surface area (Å²) in [6.07, 6.45) is 25.5. The molecule has 0 bridgehead atoms. The van der Waals surface area contributed by atoms with Gasteiger partial charge in [-0.1, -0.05) is 140 Å². The third-order valence-corrected chi connectivity index (χ3v) is 8.18. The van der Waals surface area contributed by atoms with Crippen molar-refractivity contribution in [3.8, 4) is 5.75 Å². The largest absolute Gasteiger partial charge is 0.507 e. The number of phenols is 1. The number of aromatic hydroxyl groups is 1. The van der Waals surface area contributed by atoms with Gasteiger partial charge in [-0.3, -0.25) is 4.79 Å². The van der Waals surface area contributed by atoms with Gasteiger partial charge in [0.1, 0.15) is 17.9 Å². The van der Waals surface area contributed by atoms with Crippen molar-refractivity contribution < 1.29 is 29.5 Å². The molecule has 0 amide bonds. The molecule has 1 unspecified atom stereocenters. The Labute approximate surface area is 284 Å². The fraction of sp³-hybridized carbons (Fsp3) is 0.537. The predicted molar refractivity (Wildman–Crippen MR) is 193 cm³/mol. The van der Waals surface area contributed by atoms with Crippen LogP contribution in [-0.2, 0) is 17.8 Å². The standard InChI is InChI=1S/C21H38N.C13H18O2.C7H6O3/c1-2-3-4-5-6-7-8-9-10-11-12-13-14-16-19-22-20-17-15-18-21-22;1-9(2)8-11-4-6-12(7-5-11)10(3)13(14)15;8-6-4-2-1-3-5(6)7(9)10/h15,17-18,20-21H,2-14,16,19H2,1H3;4-7,9-10H,8H2,1-3H3,(H,14,15);1-4,8H,(H,9,10)/q+1;;. The average molecular weight is 649 g/mol. The molecule has 0 aliphatic heterocycles. The molecule has 6 nitrogen and oxygen atoms in total. The van der Waals surface area contributed by atoms with Gasteiger partial charge in [0.05, 0.1) is 5.92 Å². The van der Waals surface area contributed by atoms with Crippen LogP contribution in [0.1, 0.15) is 145 Å². The number of aryl methyl sites for hydroxylation is 1. The van der Waals surface area contributed by atoms with Crippen LogP contribution in [-0.4, -0.2) is 27.3 Å². The fourth-order valence-electron chi connectivity index (χ4n) is 5.28. The highest BCUT2D eigenvalue weighted by Crippen LogP contribution is 2.18. The van der Waals surface area contributed by atoms with Gasteiger partial charge >= 0.3 is 11.9 Å². The van der Waals surface area contributed by atoms with Crippen LogP contribution in [0.3, 0.4) is 0 Å². The van der Waals surface area contributed by atoms with Gasteiger partial charge in [0.2, 0.25) is 0 Å². The molecular formula is C41H62NO5+. The summed E-state index contributed by atoms with van der Waals surface area (Å²) in [5.74, 6) is -1.87. The molecule has 47 heavy (non-hydrogen) atoms. The number of rotatable bonds is 20. The maximum atomic E-state index is 10.8. The molecule has 1 aromatic heterocycles. The number of aliphatic carboxylic acids is 1. The minimum atomic E-state index is -1.11. The first kappa shape index (κ1) is 41.4. The number of pyridine rings is 1. The number of aromatic nitrogens is 1. The van der Waals surface area contributed by atoms with Gasteiger partial charge in [-0.15, -0.1) is 0 Å². The summed E-state index contributed by atoms with van der Waals surface area (Å²) >= 11 is 0. The molecule has 0 saturated heterocycles. The number of carbonyl (C=O) groups is 2. The molecule has 1 heterocycles. The summed E-state index contributed by atoms with van der Waals surface area (Å²) in [6.45, 7) is 9.53. The van der Waals surface area contributed by atoms with E-state index in [1.54, 1.807) is 19.1 Å². The Morgan fingerprint density at radius 2 is 1.13 bits per heavy atom. The van der Waals surface area contributed by atoms with Crippen LogP contribution in [0.15, 0.2) is 79.1 Å². The Bertz CT molecular complexity index is 1210. The molecule has 1 atom stereocenters. The van der Waals surface area contributed by atoms with Crippen LogP contribution < -0.4 is 4.57 Å². The van der Waals surface area contributed by atoms with Gasteiger partial charge in [0.25, 0.3) is 0 Å². The van der Waals surface area contributed by atoms with Crippen molar-refractivity contribution in [1.29, 1.82) is 0 Å². The Balaban J connectivity index is 0.000000380. The van der Waals surface area contributed by atoms with E-state index in [9.17, 15) is 9.59 Å². The van der Waals surface area contributed by atoms with Gasteiger partial charge < -0.3 is 15.3 Å². The van der Waals surface area contributed by atoms with Gasteiger partial charge in [-0.25, -0.2) is 9.36 Å². The van der Waals surface area contributed by atoms with E-state index in [0.29, 0.717) is 5.92 Å². The SMILES string of the molecule is CC(C)Cc1ccc(C(C)C(=O)O)cc1.CCCCCCCCCCCCCCCC[n+]1ccccc1.O=C(O)c1ccccc1O. The first-order chi connectivity index (χ1) is 22.6. The molecule has 3 rings (SSSR count). The summed E-state index contributed by atoms with van der Waals surface area (Å²) in [7, 11) is 0. The first-order valence-electron chi connectivity index (χ1n) is 17.9. The zero-order valence-electron chi connectivity index (χ0n) is 29.6. The molecule has 3 N–H and O–H groups in total. The molecule has 0 fully saturated rings. The molecule has 3 aromatic rings. The molecule has 0 aliphatic rings. The summed E-state index contributed by atoms with van der Waals surface area (Å²) in [5.41, 5.74) is 2.07. The Morgan fingerprint density at radius 1 is 0.638 bits per heavy atom. The molecule has 0 spiro atoms. The third-order valence-electron chi connectivity index (χ3n) is 8.18. The van der Waals surface area contributed by atoms with Crippen molar-refractivity contribution in [2.45, 2.75) is 136 Å². The molecule has 260 valence electrons. The maximum Gasteiger partial charge on any atom is 0.339 e. The maximum absolute atomic E-state index is 10.8. The van der Waals surface area contributed by atoms with E-state index in [-0.39, 0.29) is 11.3 Å². The zero-order valence-corrected chi connectivity index (χ0v) is 29.6. The van der Waals surface area contributed by atoms with Gasteiger partial charge in [0.15, 0.2) is 12.4 Å². The van der Waals surface area contributed by atoms with E-state index in [4.69, 9.17) is 15.3 Å². The highest BCUT2D eigenvalue weighted by molar-refractivity contribution is 5.90. The van der Waals surface area contributed by atoms with Crippen LogP contribution in [0.5, 0.6) is 5.75 Å². The minimum absolute atomic E-state index is 0.0671. The predicted octanol–water partition coefficient (Wildman–Crippen LogP) is 10.6. The van der Waals surface area contributed by atoms with E-state index >= 15 is 0 Å². The lowest BCUT2D eigenvalue weighted by atomic mass is 9.97. The number of aromatic carboxylic acids is 1. The molecule has 0 aliphatic carbocycles. The number of unbranched alkanes of at least 4 members (excludes halogenated alkanes) is 13. The lowest BCUT2D eigenvalue weighted by Gasteiger charge is -2.09. The average Bonchev–Trinajstić information content (AvgIpc) is 3.06. The number of hydrogen-bond donors (Lipinski definition) is 3. The number of nitrogens with zero attached hydrogens (tertiary/aromatic N) is 1. The molecule has 0 saturated carbocycles. The monoisotopic (exact) mass is 648 g/mol. The van der Waals surface area contributed by atoms with E-state index < -0.39 is 17.9 Å². The Morgan fingerprint density at radius 3 is 1.55 bits per heavy atom. The normalized spacial score (nSPS) is 11.2. The second kappa shape index (κ2) is 26.4. The van der Waals surface area contributed by atoms with Crippen LogP contribution in [0.2, 0.25) is 0 Å². The summed E-state index contributed by atoms with van der Waals surface area (Å²) in [6, 6.07) is 20.0. The smallest absolute Gasteiger partial charge is 0.339 e. The van der Waals surface area contributed by atoms with Crippen LogP contribution in [0.4, 0.5) is 0 Å². The van der Waals surface area contributed by atoms with Crippen molar-refractivity contribution in [2.24, 2.45) is 5.92 Å². The highest BCUT2D eigenvalue weighted by Gasteiger charge is 2.13. The fourth-order valence-corrected chi connectivity index (χ4v) is 5.28. The van der Waals surface area contributed by atoms with E-state index in [1.165, 1.54) is 114 Å². The third kappa shape index (κ3) is 20.9. The number of carboxylic acid groups (broad SMARTS) is 2. The van der Waals surface area contributed by atoms with Crippen molar-refractivity contribution in [2.75, 3.05) is 0 Å². The highest BCUT2D eigenvalue weighted by atomic mass is 16.4. The zero-order chi connectivity index (χ0) is 34.7. The van der Waals surface area contributed by atoms with Crippen molar-refractivity contribution >= 4 is 11.9 Å². The quantitative estimate of drug-likeness (QED) is 0.0836. The van der Waals surface area contributed by atoms with Gasteiger partial charge in [-0.2, -0.15) is 0 Å². The number of carboxylic acids is 2. The van der Waals surface area contributed by atoms with Crippen molar-refractivity contribution in [3.63, 3.8) is 0 Å². The van der Waals surface area contributed by atoms with Crippen molar-refractivity contribution in [3.05, 3.63) is 95.8 Å². The molecule has 6 heteroatoms. The Hall–Kier alpha value is -3.67. The summed E-state index contributed by atoms with van der Waals surface area (Å²) in [4.78, 5) is 21.0.